The third kappa shape index (κ3) is 4.12. The van der Waals surface area contributed by atoms with E-state index >= 15 is 0 Å². The van der Waals surface area contributed by atoms with Crippen molar-refractivity contribution in [2.45, 2.75) is 25.3 Å². The zero-order valence-electron chi connectivity index (χ0n) is 8.73. The van der Waals surface area contributed by atoms with Gasteiger partial charge in [-0.2, -0.15) is 0 Å². The van der Waals surface area contributed by atoms with E-state index in [1.165, 1.54) is 0 Å². The number of carbonyl (C=O) groups excluding carboxylic acids is 2. The molecule has 1 heterocycles. The Labute approximate surface area is 92.7 Å². The van der Waals surface area contributed by atoms with Crippen LogP contribution in [0.15, 0.2) is 12.2 Å². The number of amides is 2. The van der Waals surface area contributed by atoms with Gasteiger partial charge in [0.05, 0.1) is 0 Å². The first-order valence-corrected chi connectivity index (χ1v) is 5.09. The summed E-state index contributed by atoms with van der Waals surface area (Å²) in [4.78, 5) is 32.8. The van der Waals surface area contributed by atoms with E-state index < -0.39 is 17.9 Å². The van der Waals surface area contributed by atoms with Gasteiger partial charge in [0.25, 0.3) is 0 Å². The van der Waals surface area contributed by atoms with Crippen LogP contribution in [0.2, 0.25) is 0 Å². The van der Waals surface area contributed by atoms with Crippen LogP contribution in [0, 0.1) is 0 Å². The summed E-state index contributed by atoms with van der Waals surface area (Å²) in [7, 11) is 0. The second-order valence-corrected chi connectivity index (χ2v) is 3.52. The molecule has 6 heteroatoms. The number of hydrogen-bond acceptors (Lipinski definition) is 3. The minimum atomic E-state index is -1.19. The first-order valence-electron chi connectivity index (χ1n) is 5.09. The van der Waals surface area contributed by atoms with Gasteiger partial charge in [-0.15, -0.1) is 0 Å². The summed E-state index contributed by atoms with van der Waals surface area (Å²) in [5.74, 6) is -1.97. The molecule has 1 fully saturated rings. The van der Waals surface area contributed by atoms with Crippen molar-refractivity contribution in [3.8, 4) is 0 Å². The molecule has 0 aromatic heterocycles. The van der Waals surface area contributed by atoms with Crippen LogP contribution in [-0.4, -0.2) is 35.5 Å². The summed E-state index contributed by atoms with van der Waals surface area (Å²) in [5, 5.41) is 13.5. The van der Waals surface area contributed by atoms with Crippen LogP contribution in [-0.2, 0) is 14.4 Å². The Morgan fingerprint density at radius 2 is 2.12 bits per heavy atom. The molecule has 1 rings (SSSR count). The first-order chi connectivity index (χ1) is 7.59. The van der Waals surface area contributed by atoms with Crippen LogP contribution in [0.25, 0.3) is 0 Å². The maximum Gasteiger partial charge on any atom is 0.328 e. The van der Waals surface area contributed by atoms with Crippen molar-refractivity contribution in [2.75, 3.05) is 6.54 Å². The van der Waals surface area contributed by atoms with E-state index in [4.69, 9.17) is 5.11 Å². The van der Waals surface area contributed by atoms with E-state index in [-0.39, 0.29) is 5.91 Å². The molecule has 0 bridgehead atoms. The third-order valence-electron chi connectivity index (χ3n) is 2.23. The highest BCUT2D eigenvalue weighted by atomic mass is 16.4. The average molecular weight is 226 g/mol. The molecule has 0 aromatic rings. The highest BCUT2D eigenvalue weighted by Gasteiger charge is 2.21. The van der Waals surface area contributed by atoms with Gasteiger partial charge < -0.3 is 15.7 Å². The minimum Gasteiger partial charge on any atom is -0.478 e. The van der Waals surface area contributed by atoms with Crippen molar-refractivity contribution in [3.05, 3.63) is 12.2 Å². The average Bonchev–Trinajstić information content (AvgIpc) is 2.42. The van der Waals surface area contributed by atoms with Crippen molar-refractivity contribution < 1.29 is 19.5 Å². The standard InChI is InChI=1S/C10H14N2O4/c13-8(4-5-9(14)15)12-7-3-1-2-6-11-10(7)16/h4-5,7H,1-3,6H2,(H,11,16)(H,12,13)(H,14,15)/b5-4+/t7-/m1/s1. The fraction of sp³-hybridized carbons (Fsp3) is 0.500. The molecule has 0 saturated carbocycles. The topological polar surface area (TPSA) is 95.5 Å². The molecule has 6 nitrogen and oxygen atoms in total. The summed E-state index contributed by atoms with van der Waals surface area (Å²) in [6.07, 6.45) is 3.97. The van der Waals surface area contributed by atoms with Crippen LogP contribution >= 0.6 is 0 Å². The van der Waals surface area contributed by atoms with Crippen molar-refractivity contribution in [1.82, 2.24) is 10.6 Å². The van der Waals surface area contributed by atoms with Gasteiger partial charge in [0.15, 0.2) is 0 Å². The number of carboxylic acid groups (broad SMARTS) is 1. The van der Waals surface area contributed by atoms with Crippen LogP contribution in [0.1, 0.15) is 19.3 Å². The van der Waals surface area contributed by atoms with Gasteiger partial charge in [-0.1, -0.05) is 0 Å². The summed E-state index contributed by atoms with van der Waals surface area (Å²) >= 11 is 0. The lowest BCUT2D eigenvalue weighted by atomic mass is 10.1. The zero-order valence-corrected chi connectivity index (χ0v) is 8.73. The van der Waals surface area contributed by atoms with Gasteiger partial charge in [0.2, 0.25) is 11.8 Å². The van der Waals surface area contributed by atoms with Gasteiger partial charge >= 0.3 is 5.97 Å². The Bertz CT molecular complexity index is 325. The monoisotopic (exact) mass is 226 g/mol. The first kappa shape index (κ1) is 12.2. The quantitative estimate of drug-likeness (QED) is 0.560. The number of carbonyl (C=O) groups is 3. The molecule has 1 atom stereocenters. The Kier molecular flexibility index (Phi) is 4.50. The lowest BCUT2D eigenvalue weighted by molar-refractivity contribution is -0.131. The Morgan fingerprint density at radius 3 is 2.81 bits per heavy atom. The highest BCUT2D eigenvalue weighted by Crippen LogP contribution is 2.05. The molecule has 2 amide bonds. The highest BCUT2D eigenvalue weighted by molar-refractivity contribution is 5.96. The van der Waals surface area contributed by atoms with Crippen molar-refractivity contribution in [3.63, 3.8) is 0 Å². The maximum absolute atomic E-state index is 11.4. The van der Waals surface area contributed by atoms with E-state index in [0.717, 1.165) is 25.0 Å². The van der Waals surface area contributed by atoms with Crippen LogP contribution in [0.3, 0.4) is 0 Å². The molecule has 0 spiro atoms. The Balaban J connectivity index is 2.48. The minimum absolute atomic E-state index is 0.213. The van der Waals surface area contributed by atoms with Gasteiger partial charge in [-0.3, -0.25) is 9.59 Å². The van der Waals surface area contributed by atoms with Crippen LogP contribution in [0.5, 0.6) is 0 Å². The Hall–Kier alpha value is -1.85. The summed E-state index contributed by atoms with van der Waals surface area (Å²) in [5.41, 5.74) is 0. The fourth-order valence-corrected chi connectivity index (χ4v) is 1.44. The third-order valence-corrected chi connectivity index (χ3v) is 2.23. The van der Waals surface area contributed by atoms with Gasteiger partial charge in [-0.25, -0.2) is 4.79 Å². The van der Waals surface area contributed by atoms with Crippen molar-refractivity contribution in [2.24, 2.45) is 0 Å². The number of nitrogens with one attached hydrogen (secondary N) is 2. The fourth-order valence-electron chi connectivity index (χ4n) is 1.44. The molecular weight excluding hydrogens is 212 g/mol. The molecule has 0 aromatic carbocycles. The van der Waals surface area contributed by atoms with Crippen LogP contribution in [0.4, 0.5) is 0 Å². The SMILES string of the molecule is O=C(O)/C=C/C(=O)N[C@@H]1CCCCNC1=O. The lowest BCUT2D eigenvalue weighted by Crippen LogP contribution is -2.44. The molecule has 0 aliphatic carbocycles. The number of hydrogen-bond donors (Lipinski definition) is 3. The van der Waals surface area contributed by atoms with E-state index in [0.29, 0.717) is 13.0 Å². The number of carboxylic acids is 1. The molecule has 1 aliphatic rings. The van der Waals surface area contributed by atoms with Crippen LogP contribution < -0.4 is 10.6 Å². The number of aliphatic carboxylic acids is 1. The predicted octanol–water partition coefficient (Wildman–Crippen LogP) is -0.588. The summed E-state index contributed by atoms with van der Waals surface area (Å²) in [6.45, 7) is 0.621. The lowest BCUT2D eigenvalue weighted by Gasteiger charge is -2.13. The summed E-state index contributed by atoms with van der Waals surface area (Å²) < 4.78 is 0. The predicted molar refractivity (Wildman–Crippen MR) is 55.6 cm³/mol. The van der Waals surface area contributed by atoms with Crippen molar-refractivity contribution in [1.29, 1.82) is 0 Å². The number of rotatable bonds is 3. The smallest absolute Gasteiger partial charge is 0.328 e. The van der Waals surface area contributed by atoms with Gasteiger partial charge in [0, 0.05) is 18.7 Å². The Morgan fingerprint density at radius 1 is 1.38 bits per heavy atom. The van der Waals surface area contributed by atoms with E-state index in [9.17, 15) is 14.4 Å². The second kappa shape index (κ2) is 5.89. The molecule has 88 valence electrons. The maximum atomic E-state index is 11.4. The molecule has 0 unspecified atom stereocenters. The normalized spacial score (nSPS) is 21.2. The molecule has 0 radical (unpaired) electrons. The molecule has 1 aliphatic heterocycles. The van der Waals surface area contributed by atoms with E-state index in [2.05, 4.69) is 10.6 Å². The zero-order chi connectivity index (χ0) is 12.0. The van der Waals surface area contributed by atoms with E-state index in [1.807, 2.05) is 0 Å². The van der Waals surface area contributed by atoms with Crippen molar-refractivity contribution >= 4 is 17.8 Å². The second-order valence-electron chi connectivity index (χ2n) is 3.52. The summed E-state index contributed by atoms with van der Waals surface area (Å²) in [6, 6.07) is -0.562. The molecule has 1 saturated heterocycles. The van der Waals surface area contributed by atoms with E-state index in [1.54, 1.807) is 0 Å². The van der Waals surface area contributed by atoms with Gasteiger partial charge in [-0.05, 0) is 19.3 Å². The molecular formula is C10H14N2O4. The largest absolute Gasteiger partial charge is 0.478 e. The molecule has 16 heavy (non-hydrogen) atoms. The molecule has 3 N–H and O–H groups in total. The van der Waals surface area contributed by atoms with Gasteiger partial charge in [0.1, 0.15) is 6.04 Å².